The molecular weight excluding hydrogens is 462 g/mol. The van der Waals surface area contributed by atoms with Crippen LogP contribution in [-0.4, -0.2) is 43.6 Å². The maximum Gasteiger partial charge on any atom is 0.242 e. The lowest BCUT2D eigenvalue weighted by Crippen LogP contribution is -2.16. The lowest BCUT2D eigenvalue weighted by atomic mass is 9.98. The molecule has 1 unspecified atom stereocenters. The number of imidazole rings is 3. The minimum Gasteiger partial charge on any atom is -0.265 e. The highest BCUT2D eigenvalue weighted by atomic mass is 15.3. The van der Waals surface area contributed by atoms with Crippen LogP contribution in [0, 0.1) is 26.7 Å². The number of aromatic nitrogens is 9. The third kappa shape index (κ3) is 3.31. The van der Waals surface area contributed by atoms with Gasteiger partial charge in [-0.2, -0.15) is 15.0 Å². The zero-order valence-electron chi connectivity index (χ0n) is 21.1. The number of rotatable bonds is 3. The highest BCUT2D eigenvalue weighted by molar-refractivity contribution is 5.78. The molecule has 9 heteroatoms. The molecule has 9 nitrogen and oxygen atoms in total. The van der Waals surface area contributed by atoms with Gasteiger partial charge in [-0.1, -0.05) is 37.3 Å². The van der Waals surface area contributed by atoms with Gasteiger partial charge in [-0.25, -0.2) is 15.0 Å². The van der Waals surface area contributed by atoms with Crippen molar-refractivity contribution in [2.24, 2.45) is 5.92 Å². The van der Waals surface area contributed by atoms with Gasteiger partial charge in [0.25, 0.3) is 0 Å². The summed E-state index contributed by atoms with van der Waals surface area (Å²) in [4.78, 5) is 29.3. The summed E-state index contributed by atoms with van der Waals surface area (Å²) in [6, 6.07) is 16.0. The van der Waals surface area contributed by atoms with Crippen molar-refractivity contribution in [2.75, 3.05) is 0 Å². The van der Waals surface area contributed by atoms with E-state index in [1.165, 1.54) is 0 Å². The van der Waals surface area contributed by atoms with Gasteiger partial charge in [0.15, 0.2) is 0 Å². The first-order chi connectivity index (χ1) is 18.0. The maximum absolute atomic E-state index is 4.99. The van der Waals surface area contributed by atoms with Crippen LogP contribution in [0.25, 0.3) is 46.0 Å². The van der Waals surface area contributed by atoms with E-state index in [1.807, 2.05) is 83.0 Å². The lowest BCUT2D eigenvalue weighted by molar-refractivity contribution is 0.700. The molecule has 4 heterocycles. The second kappa shape index (κ2) is 7.92. The number of nitrogens with zero attached hydrogens (tertiary/aromatic N) is 9. The molecule has 37 heavy (non-hydrogen) atoms. The average Bonchev–Trinajstić information content (AvgIpc) is 3.51. The second-order valence-corrected chi connectivity index (χ2v) is 9.57. The van der Waals surface area contributed by atoms with E-state index in [0.717, 1.165) is 57.3 Å². The third-order valence-electron chi connectivity index (χ3n) is 6.91. The smallest absolute Gasteiger partial charge is 0.242 e. The lowest BCUT2D eigenvalue weighted by Gasteiger charge is -2.15. The van der Waals surface area contributed by atoms with E-state index in [0.29, 0.717) is 23.8 Å². The van der Waals surface area contributed by atoms with Crippen molar-refractivity contribution in [3.63, 3.8) is 0 Å². The zero-order valence-corrected chi connectivity index (χ0v) is 21.1. The predicted octanol–water partition coefficient (Wildman–Crippen LogP) is 4.87. The predicted molar refractivity (Wildman–Crippen MR) is 142 cm³/mol. The van der Waals surface area contributed by atoms with Crippen molar-refractivity contribution in [2.45, 2.75) is 34.1 Å². The Morgan fingerprint density at radius 3 is 1.68 bits per heavy atom. The fraction of sp³-hybridized carbons (Fsp3) is 0.214. The molecule has 1 aliphatic rings. The van der Waals surface area contributed by atoms with Crippen LogP contribution in [0.15, 0.2) is 54.6 Å². The molecule has 1 atom stereocenters. The van der Waals surface area contributed by atoms with Crippen LogP contribution in [0.3, 0.4) is 0 Å². The Morgan fingerprint density at radius 2 is 1.11 bits per heavy atom. The molecular formula is C28H25N9. The van der Waals surface area contributed by atoms with Crippen LogP contribution >= 0.6 is 0 Å². The summed E-state index contributed by atoms with van der Waals surface area (Å²) in [5.74, 6) is 4.40. The molecule has 7 rings (SSSR count). The summed E-state index contributed by atoms with van der Waals surface area (Å²) in [7, 11) is 0. The largest absolute Gasteiger partial charge is 0.265 e. The molecule has 1 aliphatic carbocycles. The van der Waals surface area contributed by atoms with Crippen LogP contribution < -0.4 is 0 Å². The van der Waals surface area contributed by atoms with Crippen molar-refractivity contribution < 1.29 is 0 Å². The highest BCUT2D eigenvalue weighted by Gasteiger charge is 2.24. The summed E-state index contributed by atoms with van der Waals surface area (Å²) in [5, 5.41) is 0. The van der Waals surface area contributed by atoms with Gasteiger partial charge < -0.3 is 0 Å². The normalized spacial score (nSPS) is 15.1. The number of para-hydroxylation sites is 4. The molecule has 0 N–H and O–H groups in total. The summed E-state index contributed by atoms with van der Waals surface area (Å²) >= 11 is 0. The number of hydrogen-bond acceptors (Lipinski definition) is 6. The molecule has 0 amide bonds. The van der Waals surface area contributed by atoms with E-state index in [4.69, 9.17) is 29.9 Å². The summed E-state index contributed by atoms with van der Waals surface area (Å²) < 4.78 is 5.99. The number of aryl methyl sites for hydroxylation is 3. The summed E-state index contributed by atoms with van der Waals surface area (Å²) in [5.41, 5.74) is 5.73. The Bertz CT molecular complexity index is 1770. The molecule has 0 bridgehead atoms. The van der Waals surface area contributed by atoms with Gasteiger partial charge >= 0.3 is 0 Å². The molecule has 0 saturated carbocycles. The quantitative estimate of drug-likeness (QED) is 0.354. The zero-order chi connectivity index (χ0) is 25.3. The van der Waals surface area contributed by atoms with Crippen LogP contribution in [-0.2, 0) is 6.42 Å². The topological polar surface area (TPSA) is 92.1 Å². The van der Waals surface area contributed by atoms with Crippen LogP contribution in [0.2, 0.25) is 0 Å². The fourth-order valence-corrected chi connectivity index (χ4v) is 5.25. The SMILES string of the molecule is Cc1nc2c(n1-c1nc(-n3c(C)nc4ccccc43)nc(-n3c(C)nc4ccccc43)n1)C=CC(C)C2. The minimum atomic E-state index is 0.444. The molecule has 0 fully saturated rings. The van der Waals surface area contributed by atoms with Crippen molar-refractivity contribution >= 4 is 28.1 Å². The van der Waals surface area contributed by atoms with Gasteiger partial charge in [0, 0.05) is 0 Å². The standard InChI is InChI=1S/C28H25N9/c1-16-13-14-25-22(15-16)31-19(4)37(25)28-33-26(35-17(2)29-20-9-5-7-11-23(20)35)32-27(34-28)36-18(3)30-21-10-6-8-12-24(21)36/h5-14,16H,15H2,1-4H3. The van der Waals surface area contributed by atoms with E-state index in [1.54, 1.807) is 0 Å². The molecule has 4 aromatic heterocycles. The molecule has 0 spiro atoms. The number of allylic oxidation sites excluding steroid dienone is 1. The van der Waals surface area contributed by atoms with Gasteiger partial charge in [0.05, 0.1) is 33.5 Å². The number of hydrogen-bond donors (Lipinski definition) is 0. The van der Waals surface area contributed by atoms with Crippen LogP contribution in [0.4, 0.5) is 0 Å². The Hall–Kier alpha value is -4.66. The van der Waals surface area contributed by atoms with E-state index in [-0.39, 0.29) is 0 Å². The van der Waals surface area contributed by atoms with Crippen molar-refractivity contribution in [1.82, 2.24) is 43.6 Å². The van der Waals surface area contributed by atoms with E-state index in [2.05, 4.69) is 19.1 Å². The molecule has 0 saturated heterocycles. The van der Waals surface area contributed by atoms with E-state index < -0.39 is 0 Å². The van der Waals surface area contributed by atoms with E-state index in [9.17, 15) is 0 Å². The van der Waals surface area contributed by atoms with Crippen molar-refractivity contribution in [3.05, 3.63) is 83.5 Å². The number of benzene rings is 2. The van der Waals surface area contributed by atoms with Gasteiger partial charge in [0.2, 0.25) is 17.8 Å². The van der Waals surface area contributed by atoms with Gasteiger partial charge in [-0.05, 0) is 63.5 Å². The second-order valence-electron chi connectivity index (χ2n) is 9.57. The minimum absolute atomic E-state index is 0.444. The van der Waals surface area contributed by atoms with Gasteiger partial charge in [-0.15, -0.1) is 0 Å². The van der Waals surface area contributed by atoms with Crippen molar-refractivity contribution in [1.29, 1.82) is 0 Å². The Morgan fingerprint density at radius 1 is 0.622 bits per heavy atom. The fourth-order valence-electron chi connectivity index (χ4n) is 5.25. The molecule has 0 aliphatic heterocycles. The molecule has 182 valence electrons. The van der Waals surface area contributed by atoms with Crippen molar-refractivity contribution in [3.8, 4) is 17.8 Å². The average molecular weight is 488 g/mol. The first kappa shape index (κ1) is 21.6. The molecule has 6 aromatic rings. The van der Waals surface area contributed by atoms with E-state index >= 15 is 0 Å². The first-order valence-electron chi connectivity index (χ1n) is 12.4. The Balaban J connectivity index is 1.54. The summed E-state index contributed by atoms with van der Waals surface area (Å²) in [6.45, 7) is 8.13. The monoisotopic (exact) mass is 487 g/mol. The van der Waals surface area contributed by atoms with Crippen LogP contribution in [0.1, 0.15) is 35.8 Å². The van der Waals surface area contributed by atoms with Gasteiger partial charge in [-0.3, -0.25) is 13.7 Å². The third-order valence-corrected chi connectivity index (χ3v) is 6.91. The van der Waals surface area contributed by atoms with Gasteiger partial charge in [0.1, 0.15) is 17.5 Å². The molecule has 2 aromatic carbocycles. The molecule has 0 radical (unpaired) electrons. The highest BCUT2D eigenvalue weighted by Crippen LogP contribution is 2.28. The summed E-state index contributed by atoms with van der Waals surface area (Å²) in [6.07, 6.45) is 5.23. The van der Waals surface area contributed by atoms with Crippen LogP contribution in [0.5, 0.6) is 0 Å². The number of fused-ring (bicyclic) bond motifs is 3. The Labute approximate surface area is 213 Å². The first-order valence-corrected chi connectivity index (χ1v) is 12.4. The Kier molecular flexibility index (Phi) is 4.63. The maximum atomic E-state index is 4.99.